The number of nitrogens with one attached hydrogen (secondary N) is 1. The highest BCUT2D eigenvalue weighted by Crippen LogP contribution is 2.44. The number of fused-ring (bicyclic) bond motifs is 1. The van der Waals surface area contributed by atoms with Crippen LogP contribution >= 0.6 is 15.9 Å². The summed E-state index contributed by atoms with van der Waals surface area (Å²) in [6.07, 6.45) is 0. The lowest BCUT2D eigenvalue weighted by Crippen LogP contribution is -2.16. The van der Waals surface area contributed by atoms with E-state index in [2.05, 4.69) is 26.1 Å². The fourth-order valence-electron chi connectivity index (χ4n) is 2.12. The number of aromatic carboxylic acids is 1. The monoisotopic (exact) mass is 338 g/mol. The molecular weight excluding hydrogens is 328 g/mol. The fourth-order valence-corrected chi connectivity index (χ4v) is 2.52. The number of benzene rings is 1. The van der Waals surface area contributed by atoms with E-state index in [-0.39, 0.29) is 5.69 Å². The molecule has 0 atom stereocenters. The molecule has 0 bridgehead atoms. The highest BCUT2D eigenvalue weighted by molar-refractivity contribution is 9.10. The number of nitrogens with zero attached hydrogens (tertiary/aromatic N) is 1. The molecule has 7 heteroatoms. The number of carboxylic acids is 1. The van der Waals surface area contributed by atoms with Crippen LogP contribution in [-0.4, -0.2) is 34.5 Å². The molecular formula is C13H11BrN2O4. The summed E-state index contributed by atoms with van der Waals surface area (Å²) in [6, 6.07) is 3.33. The Hall–Kier alpha value is -2.02. The van der Waals surface area contributed by atoms with Crippen molar-refractivity contribution >= 4 is 21.9 Å². The number of H-pyrrole nitrogens is 1. The van der Waals surface area contributed by atoms with Crippen LogP contribution in [0.4, 0.5) is 0 Å². The lowest BCUT2D eigenvalue weighted by Gasteiger charge is -2.22. The Morgan fingerprint density at radius 3 is 2.85 bits per heavy atom. The second kappa shape index (κ2) is 4.82. The molecule has 2 aromatic rings. The number of carbonyl (C=O) groups is 1. The highest BCUT2D eigenvalue weighted by Gasteiger charge is 2.23. The number of hydrogen-bond donors (Lipinski definition) is 2. The van der Waals surface area contributed by atoms with Crippen LogP contribution < -0.4 is 9.47 Å². The van der Waals surface area contributed by atoms with Gasteiger partial charge in [0.1, 0.15) is 18.9 Å². The Morgan fingerprint density at radius 2 is 2.15 bits per heavy atom. The number of rotatable bonds is 2. The summed E-state index contributed by atoms with van der Waals surface area (Å²) in [5.74, 6) is 0.173. The third-order valence-electron chi connectivity index (χ3n) is 3.09. The summed E-state index contributed by atoms with van der Waals surface area (Å²) in [5, 5.41) is 15.5. The van der Waals surface area contributed by atoms with Crippen molar-refractivity contribution in [2.24, 2.45) is 0 Å². The van der Waals surface area contributed by atoms with Gasteiger partial charge in [0.2, 0.25) is 0 Å². The first kappa shape index (κ1) is 13.0. The van der Waals surface area contributed by atoms with Crippen molar-refractivity contribution in [1.82, 2.24) is 10.2 Å². The lowest BCUT2D eigenvalue weighted by atomic mass is 10.0. The van der Waals surface area contributed by atoms with Gasteiger partial charge in [-0.2, -0.15) is 5.10 Å². The van der Waals surface area contributed by atoms with Gasteiger partial charge < -0.3 is 14.6 Å². The molecule has 1 aliphatic rings. The zero-order chi connectivity index (χ0) is 14.3. The van der Waals surface area contributed by atoms with Gasteiger partial charge >= 0.3 is 5.97 Å². The molecule has 0 radical (unpaired) electrons. The Bertz CT molecular complexity index is 696. The standard InChI is InChI=1S/C13H11BrN2O4/c1-6-7(14)4-10-12(20-3-2-19-10)11(6)8-5-9(13(17)18)16-15-8/h4-5H,2-3H2,1H3,(H,15,16)(H,17,18). The Labute approximate surface area is 122 Å². The van der Waals surface area contributed by atoms with Crippen LogP contribution in [0.3, 0.4) is 0 Å². The molecule has 2 heterocycles. The van der Waals surface area contributed by atoms with Crippen molar-refractivity contribution in [2.75, 3.05) is 13.2 Å². The largest absolute Gasteiger partial charge is 0.486 e. The minimum absolute atomic E-state index is 0.0323. The van der Waals surface area contributed by atoms with Crippen LogP contribution in [0.1, 0.15) is 16.1 Å². The average Bonchev–Trinajstić information content (AvgIpc) is 2.90. The van der Waals surface area contributed by atoms with Crippen LogP contribution in [-0.2, 0) is 0 Å². The zero-order valence-electron chi connectivity index (χ0n) is 10.6. The maximum Gasteiger partial charge on any atom is 0.353 e. The molecule has 3 rings (SSSR count). The molecule has 0 spiro atoms. The zero-order valence-corrected chi connectivity index (χ0v) is 12.2. The van der Waals surface area contributed by atoms with E-state index in [1.54, 1.807) is 0 Å². The second-order valence-electron chi connectivity index (χ2n) is 4.35. The number of aromatic amines is 1. The minimum atomic E-state index is -1.05. The molecule has 0 saturated carbocycles. The topological polar surface area (TPSA) is 84.4 Å². The van der Waals surface area contributed by atoms with Gasteiger partial charge in [-0.3, -0.25) is 5.10 Å². The van der Waals surface area contributed by atoms with Gasteiger partial charge in [-0.15, -0.1) is 0 Å². The maximum absolute atomic E-state index is 10.9. The molecule has 0 saturated heterocycles. The van der Waals surface area contributed by atoms with Crippen molar-refractivity contribution < 1.29 is 19.4 Å². The smallest absolute Gasteiger partial charge is 0.353 e. The Balaban J connectivity index is 2.20. The molecule has 1 aliphatic heterocycles. The van der Waals surface area contributed by atoms with Crippen LogP contribution in [0.5, 0.6) is 11.5 Å². The Kier molecular flexibility index (Phi) is 3.13. The van der Waals surface area contributed by atoms with E-state index in [9.17, 15) is 4.79 Å². The molecule has 6 nitrogen and oxygen atoms in total. The van der Waals surface area contributed by atoms with Crippen molar-refractivity contribution in [3.05, 3.63) is 27.9 Å². The minimum Gasteiger partial charge on any atom is -0.486 e. The summed E-state index contributed by atoms with van der Waals surface area (Å²) in [5.41, 5.74) is 2.20. The van der Waals surface area contributed by atoms with E-state index in [0.29, 0.717) is 30.4 Å². The number of aromatic nitrogens is 2. The van der Waals surface area contributed by atoms with Crippen LogP contribution in [0.2, 0.25) is 0 Å². The number of ether oxygens (including phenoxy) is 2. The number of hydrogen-bond acceptors (Lipinski definition) is 4. The summed E-state index contributed by atoms with van der Waals surface area (Å²) < 4.78 is 12.1. The number of carboxylic acid groups (broad SMARTS) is 1. The number of halogens is 1. The van der Waals surface area contributed by atoms with Crippen molar-refractivity contribution in [2.45, 2.75) is 6.92 Å². The van der Waals surface area contributed by atoms with Gasteiger partial charge in [0, 0.05) is 4.47 Å². The lowest BCUT2D eigenvalue weighted by molar-refractivity contribution is 0.0690. The third kappa shape index (κ3) is 2.03. The Morgan fingerprint density at radius 1 is 1.40 bits per heavy atom. The van der Waals surface area contributed by atoms with Gasteiger partial charge in [0.05, 0.1) is 11.3 Å². The predicted molar refractivity (Wildman–Crippen MR) is 74.4 cm³/mol. The van der Waals surface area contributed by atoms with Crippen molar-refractivity contribution in [3.8, 4) is 22.8 Å². The normalized spacial score (nSPS) is 13.3. The molecule has 0 amide bonds. The summed E-state index contributed by atoms with van der Waals surface area (Å²) in [4.78, 5) is 10.9. The van der Waals surface area contributed by atoms with Gasteiger partial charge in [0.15, 0.2) is 11.5 Å². The van der Waals surface area contributed by atoms with Gasteiger partial charge in [-0.05, 0) is 24.6 Å². The molecule has 0 fully saturated rings. The second-order valence-corrected chi connectivity index (χ2v) is 5.21. The van der Waals surface area contributed by atoms with Crippen LogP contribution in [0, 0.1) is 6.92 Å². The molecule has 20 heavy (non-hydrogen) atoms. The first-order valence-corrected chi connectivity index (χ1v) is 6.75. The van der Waals surface area contributed by atoms with Crippen LogP contribution in [0.15, 0.2) is 16.6 Å². The van der Waals surface area contributed by atoms with E-state index in [1.165, 1.54) is 6.07 Å². The molecule has 2 N–H and O–H groups in total. The fraction of sp³-hybridized carbons (Fsp3) is 0.231. The summed E-state index contributed by atoms with van der Waals surface area (Å²) in [7, 11) is 0. The van der Waals surface area contributed by atoms with Gasteiger partial charge in [0.25, 0.3) is 0 Å². The van der Waals surface area contributed by atoms with Gasteiger partial charge in [-0.1, -0.05) is 15.9 Å². The summed E-state index contributed by atoms with van der Waals surface area (Å²) >= 11 is 3.47. The molecule has 0 unspecified atom stereocenters. The van der Waals surface area contributed by atoms with E-state index in [0.717, 1.165) is 15.6 Å². The predicted octanol–water partition coefficient (Wildman–Crippen LogP) is 2.62. The first-order valence-electron chi connectivity index (χ1n) is 5.95. The van der Waals surface area contributed by atoms with E-state index < -0.39 is 5.97 Å². The first-order chi connectivity index (χ1) is 9.58. The third-order valence-corrected chi connectivity index (χ3v) is 3.92. The molecule has 0 aliphatic carbocycles. The van der Waals surface area contributed by atoms with Crippen molar-refractivity contribution in [1.29, 1.82) is 0 Å². The van der Waals surface area contributed by atoms with E-state index in [1.807, 2.05) is 13.0 Å². The molecule has 1 aromatic heterocycles. The summed E-state index contributed by atoms with van der Waals surface area (Å²) in [6.45, 7) is 2.85. The maximum atomic E-state index is 10.9. The van der Waals surface area contributed by atoms with Crippen LogP contribution in [0.25, 0.3) is 11.3 Å². The van der Waals surface area contributed by atoms with Crippen molar-refractivity contribution in [3.63, 3.8) is 0 Å². The quantitative estimate of drug-likeness (QED) is 0.879. The van der Waals surface area contributed by atoms with E-state index in [4.69, 9.17) is 14.6 Å². The van der Waals surface area contributed by atoms with Gasteiger partial charge in [-0.25, -0.2) is 4.79 Å². The molecule has 1 aromatic carbocycles. The van der Waals surface area contributed by atoms with E-state index >= 15 is 0 Å². The average molecular weight is 339 g/mol. The SMILES string of the molecule is Cc1c(Br)cc2c(c1-c1cc(C(=O)O)[nH]n1)OCCO2. The molecule has 104 valence electrons. The highest BCUT2D eigenvalue weighted by atomic mass is 79.9.